The first-order valence-electron chi connectivity index (χ1n) is 5.12. The quantitative estimate of drug-likeness (QED) is 0.845. The fraction of sp³-hybridized carbons (Fsp3) is 0.167. The zero-order valence-corrected chi connectivity index (χ0v) is 9.30. The van der Waals surface area contributed by atoms with Gasteiger partial charge in [-0.25, -0.2) is 9.78 Å². The van der Waals surface area contributed by atoms with Crippen LogP contribution < -0.4 is 5.32 Å². The molecule has 5 nitrogen and oxygen atoms in total. The van der Waals surface area contributed by atoms with Gasteiger partial charge in [-0.15, -0.1) is 0 Å². The summed E-state index contributed by atoms with van der Waals surface area (Å²) in [6, 6.07) is 4.94. The van der Waals surface area contributed by atoms with Crippen LogP contribution in [0.25, 0.3) is 0 Å². The second-order valence-electron chi connectivity index (χ2n) is 3.66. The topological polar surface area (TPSA) is 75.4 Å². The number of nitrogens with one attached hydrogen (secondary N) is 1. The molecule has 17 heavy (non-hydrogen) atoms. The molecule has 5 heteroatoms. The number of carboxylic acid groups (broad SMARTS) is 1. The summed E-state index contributed by atoms with van der Waals surface area (Å²) >= 11 is 0. The van der Waals surface area contributed by atoms with Gasteiger partial charge in [-0.3, -0.25) is 0 Å². The van der Waals surface area contributed by atoms with Crippen molar-refractivity contribution in [2.24, 2.45) is 0 Å². The summed E-state index contributed by atoms with van der Waals surface area (Å²) in [5.74, 6) is -0.193. The van der Waals surface area contributed by atoms with Crippen molar-refractivity contribution in [3.63, 3.8) is 0 Å². The number of aromatic nitrogens is 1. The SMILES string of the molecule is Cc1cc(C(=O)O)ccc1NCc1cnco1. The summed E-state index contributed by atoms with van der Waals surface area (Å²) in [5, 5.41) is 12.0. The maximum Gasteiger partial charge on any atom is 0.335 e. The number of rotatable bonds is 4. The third kappa shape index (κ3) is 2.63. The molecule has 0 aliphatic heterocycles. The van der Waals surface area contributed by atoms with E-state index in [9.17, 15) is 4.79 Å². The lowest BCUT2D eigenvalue weighted by Crippen LogP contribution is -2.02. The molecule has 1 aromatic heterocycles. The smallest absolute Gasteiger partial charge is 0.335 e. The zero-order chi connectivity index (χ0) is 12.3. The summed E-state index contributed by atoms with van der Waals surface area (Å²) in [5.41, 5.74) is 2.04. The molecule has 0 saturated carbocycles. The lowest BCUT2D eigenvalue weighted by atomic mass is 10.1. The first kappa shape index (κ1) is 11.2. The number of nitrogens with zero attached hydrogens (tertiary/aromatic N) is 1. The first-order chi connectivity index (χ1) is 8.16. The lowest BCUT2D eigenvalue weighted by molar-refractivity contribution is 0.0697. The van der Waals surface area contributed by atoms with Crippen molar-refractivity contribution in [3.8, 4) is 0 Å². The van der Waals surface area contributed by atoms with Crippen LogP contribution in [0.1, 0.15) is 21.7 Å². The fourth-order valence-electron chi connectivity index (χ4n) is 1.51. The van der Waals surface area contributed by atoms with E-state index < -0.39 is 5.97 Å². The van der Waals surface area contributed by atoms with Crippen molar-refractivity contribution >= 4 is 11.7 Å². The van der Waals surface area contributed by atoms with E-state index in [1.165, 1.54) is 6.39 Å². The van der Waals surface area contributed by atoms with Gasteiger partial charge in [0.1, 0.15) is 5.76 Å². The highest BCUT2D eigenvalue weighted by Crippen LogP contribution is 2.17. The van der Waals surface area contributed by atoms with Gasteiger partial charge < -0.3 is 14.8 Å². The van der Waals surface area contributed by atoms with Crippen molar-refractivity contribution in [2.45, 2.75) is 13.5 Å². The Morgan fingerprint density at radius 2 is 2.35 bits per heavy atom. The van der Waals surface area contributed by atoms with Gasteiger partial charge in [0.05, 0.1) is 18.3 Å². The van der Waals surface area contributed by atoms with Crippen LogP contribution >= 0.6 is 0 Å². The summed E-state index contributed by atoms with van der Waals surface area (Å²) in [6.45, 7) is 2.38. The Morgan fingerprint density at radius 1 is 1.53 bits per heavy atom. The molecule has 0 aliphatic rings. The number of benzene rings is 1. The molecule has 2 rings (SSSR count). The minimum absolute atomic E-state index is 0.285. The number of hydrogen-bond donors (Lipinski definition) is 2. The van der Waals surface area contributed by atoms with Gasteiger partial charge in [-0.05, 0) is 30.7 Å². The Labute approximate surface area is 98.1 Å². The molecule has 1 aromatic carbocycles. The minimum atomic E-state index is -0.921. The van der Waals surface area contributed by atoms with Gasteiger partial charge in [0, 0.05) is 5.69 Å². The number of anilines is 1. The first-order valence-corrected chi connectivity index (χ1v) is 5.12. The summed E-state index contributed by atoms with van der Waals surface area (Å²) in [6.07, 6.45) is 3.01. The number of carboxylic acids is 1. The number of hydrogen-bond acceptors (Lipinski definition) is 4. The summed E-state index contributed by atoms with van der Waals surface area (Å²) < 4.78 is 5.09. The van der Waals surface area contributed by atoms with Crippen LogP contribution in [0.5, 0.6) is 0 Å². The molecule has 2 aromatic rings. The predicted molar refractivity (Wildman–Crippen MR) is 62.0 cm³/mol. The monoisotopic (exact) mass is 232 g/mol. The zero-order valence-electron chi connectivity index (χ0n) is 9.30. The Hall–Kier alpha value is -2.30. The van der Waals surface area contributed by atoms with E-state index in [-0.39, 0.29) is 5.56 Å². The van der Waals surface area contributed by atoms with E-state index in [2.05, 4.69) is 10.3 Å². The van der Waals surface area contributed by atoms with Gasteiger partial charge in [0.15, 0.2) is 6.39 Å². The Bertz CT molecular complexity index is 521. The third-order valence-electron chi connectivity index (χ3n) is 2.41. The molecule has 0 unspecified atom stereocenters. The summed E-state index contributed by atoms with van der Waals surface area (Å²) in [4.78, 5) is 14.6. The molecule has 0 fully saturated rings. The second-order valence-corrected chi connectivity index (χ2v) is 3.66. The molecule has 0 bridgehead atoms. The number of oxazole rings is 1. The molecular weight excluding hydrogens is 220 g/mol. The normalized spacial score (nSPS) is 10.2. The van der Waals surface area contributed by atoms with Crippen LogP contribution in [-0.2, 0) is 6.54 Å². The highest BCUT2D eigenvalue weighted by Gasteiger charge is 2.05. The van der Waals surface area contributed by atoms with Crippen LogP contribution in [0.3, 0.4) is 0 Å². The maximum atomic E-state index is 10.8. The molecular formula is C12H12N2O3. The molecule has 0 aliphatic carbocycles. The number of aryl methyl sites for hydroxylation is 1. The van der Waals surface area contributed by atoms with Crippen molar-refractivity contribution in [2.75, 3.05) is 5.32 Å². The van der Waals surface area contributed by atoms with E-state index in [0.29, 0.717) is 6.54 Å². The van der Waals surface area contributed by atoms with Gasteiger partial charge in [-0.1, -0.05) is 0 Å². The molecule has 2 N–H and O–H groups in total. The lowest BCUT2D eigenvalue weighted by Gasteiger charge is -2.08. The third-order valence-corrected chi connectivity index (χ3v) is 2.41. The average Bonchev–Trinajstić information content (AvgIpc) is 2.80. The van der Waals surface area contributed by atoms with Gasteiger partial charge in [0.2, 0.25) is 0 Å². The standard InChI is InChI=1S/C12H12N2O3/c1-8-4-9(12(15)16)2-3-11(8)14-6-10-5-13-7-17-10/h2-5,7,14H,6H2,1H3,(H,15,16). The van der Waals surface area contributed by atoms with Crippen molar-refractivity contribution in [1.82, 2.24) is 4.98 Å². The molecule has 0 saturated heterocycles. The molecule has 0 spiro atoms. The molecule has 0 radical (unpaired) electrons. The van der Waals surface area contributed by atoms with Gasteiger partial charge in [-0.2, -0.15) is 0 Å². The Morgan fingerprint density at radius 3 is 2.94 bits per heavy atom. The van der Waals surface area contributed by atoms with Crippen LogP contribution in [0.2, 0.25) is 0 Å². The van der Waals surface area contributed by atoms with Crippen molar-refractivity contribution < 1.29 is 14.3 Å². The Balaban J connectivity index is 2.09. The minimum Gasteiger partial charge on any atom is -0.478 e. The molecule has 1 heterocycles. The van der Waals surface area contributed by atoms with Crippen molar-refractivity contribution in [3.05, 3.63) is 47.7 Å². The van der Waals surface area contributed by atoms with E-state index in [0.717, 1.165) is 17.0 Å². The van der Waals surface area contributed by atoms with E-state index >= 15 is 0 Å². The second kappa shape index (κ2) is 4.69. The van der Waals surface area contributed by atoms with Crippen LogP contribution in [-0.4, -0.2) is 16.1 Å². The average molecular weight is 232 g/mol. The highest BCUT2D eigenvalue weighted by atomic mass is 16.4. The predicted octanol–water partition coefficient (Wildman–Crippen LogP) is 2.29. The highest BCUT2D eigenvalue weighted by molar-refractivity contribution is 5.88. The van der Waals surface area contributed by atoms with Crippen LogP contribution in [0.4, 0.5) is 5.69 Å². The van der Waals surface area contributed by atoms with Gasteiger partial charge >= 0.3 is 5.97 Å². The van der Waals surface area contributed by atoms with E-state index in [1.54, 1.807) is 24.4 Å². The largest absolute Gasteiger partial charge is 0.478 e. The molecule has 0 atom stereocenters. The Kier molecular flexibility index (Phi) is 3.09. The van der Waals surface area contributed by atoms with Crippen molar-refractivity contribution in [1.29, 1.82) is 0 Å². The maximum absolute atomic E-state index is 10.8. The molecule has 0 amide bonds. The molecule has 88 valence electrons. The van der Waals surface area contributed by atoms with Crippen LogP contribution in [0, 0.1) is 6.92 Å². The number of carbonyl (C=O) groups is 1. The van der Waals surface area contributed by atoms with Crippen LogP contribution in [0.15, 0.2) is 35.2 Å². The number of aromatic carboxylic acids is 1. The van der Waals surface area contributed by atoms with Gasteiger partial charge in [0.25, 0.3) is 0 Å². The van der Waals surface area contributed by atoms with E-state index in [4.69, 9.17) is 9.52 Å². The van der Waals surface area contributed by atoms with E-state index in [1.807, 2.05) is 6.92 Å². The fourth-order valence-corrected chi connectivity index (χ4v) is 1.51. The summed E-state index contributed by atoms with van der Waals surface area (Å²) in [7, 11) is 0.